The summed E-state index contributed by atoms with van der Waals surface area (Å²) in [5.41, 5.74) is 0.344. The first-order chi connectivity index (χ1) is 11.6. The van der Waals surface area contributed by atoms with E-state index in [2.05, 4.69) is 5.32 Å². The van der Waals surface area contributed by atoms with Gasteiger partial charge in [0.2, 0.25) is 0 Å². The summed E-state index contributed by atoms with van der Waals surface area (Å²) in [5, 5.41) is 12.0. The van der Waals surface area contributed by atoms with Gasteiger partial charge in [0.15, 0.2) is 11.5 Å². The van der Waals surface area contributed by atoms with Crippen molar-refractivity contribution in [3.63, 3.8) is 0 Å². The van der Waals surface area contributed by atoms with Crippen molar-refractivity contribution in [1.29, 1.82) is 0 Å². The molecule has 0 fully saturated rings. The molecule has 24 heavy (non-hydrogen) atoms. The van der Waals surface area contributed by atoms with Gasteiger partial charge in [-0.05, 0) is 12.1 Å². The van der Waals surface area contributed by atoms with E-state index in [4.69, 9.17) is 14.2 Å². The number of fused-ring (bicyclic) bond motifs is 1. The standard InChI is InChI=1S/C17H15NO6/c1-22-13-5-3-2-4-10(13)16(19)18-12-9-15-14(23-6-7-24-15)8-11(12)17(20)21/h2-5,8-9H,6-7H2,1H3,(H,18,19)(H,20,21). The average molecular weight is 329 g/mol. The minimum atomic E-state index is -1.18. The summed E-state index contributed by atoms with van der Waals surface area (Å²) in [6.45, 7) is 0.707. The van der Waals surface area contributed by atoms with Crippen LogP contribution in [0.25, 0.3) is 0 Å². The maximum atomic E-state index is 12.5. The molecule has 0 bridgehead atoms. The number of para-hydroxylation sites is 1. The van der Waals surface area contributed by atoms with Gasteiger partial charge in [0, 0.05) is 12.1 Å². The molecule has 0 radical (unpaired) electrons. The van der Waals surface area contributed by atoms with Gasteiger partial charge in [-0.15, -0.1) is 0 Å². The fourth-order valence-electron chi connectivity index (χ4n) is 2.39. The fourth-order valence-corrected chi connectivity index (χ4v) is 2.39. The van der Waals surface area contributed by atoms with Crippen LogP contribution in [0.15, 0.2) is 36.4 Å². The normalized spacial score (nSPS) is 12.4. The number of hydrogen-bond donors (Lipinski definition) is 2. The SMILES string of the molecule is COc1ccccc1C(=O)Nc1cc2c(cc1C(=O)O)OCCO2. The third kappa shape index (κ3) is 2.96. The number of amides is 1. The topological polar surface area (TPSA) is 94.1 Å². The van der Waals surface area contributed by atoms with Gasteiger partial charge in [-0.25, -0.2) is 4.79 Å². The molecule has 0 unspecified atom stereocenters. The number of ether oxygens (including phenoxy) is 3. The molecule has 1 amide bonds. The second-order valence-electron chi connectivity index (χ2n) is 5.00. The van der Waals surface area contributed by atoms with Crippen molar-refractivity contribution in [1.82, 2.24) is 0 Å². The zero-order chi connectivity index (χ0) is 17.1. The molecule has 1 heterocycles. The molecular formula is C17H15NO6. The molecular weight excluding hydrogens is 314 g/mol. The Morgan fingerprint density at radius 2 is 1.75 bits per heavy atom. The first kappa shape index (κ1) is 15.7. The maximum Gasteiger partial charge on any atom is 0.337 e. The first-order valence-corrected chi connectivity index (χ1v) is 7.21. The molecule has 0 saturated heterocycles. The zero-order valence-electron chi connectivity index (χ0n) is 12.9. The zero-order valence-corrected chi connectivity index (χ0v) is 12.9. The summed E-state index contributed by atoms with van der Waals surface area (Å²) in [4.78, 5) is 24.0. The van der Waals surface area contributed by atoms with Gasteiger partial charge < -0.3 is 24.6 Å². The lowest BCUT2D eigenvalue weighted by molar-refractivity contribution is 0.0697. The largest absolute Gasteiger partial charge is 0.496 e. The van der Waals surface area contributed by atoms with E-state index < -0.39 is 11.9 Å². The van der Waals surface area contributed by atoms with Crippen molar-refractivity contribution >= 4 is 17.6 Å². The number of anilines is 1. The molecule has 1 aliphatic heterocycles. The molecule has 2 N–H and O–H groups in total. The quantitative estimate of drug-likeness (QED) is 0.894. The van der Waals surface area contributed by atoms with E-state index in [-0.39, 0.29) is 11.3 Å². The Labute approximate surface area is 137 Å². The van der Waals surface area contributed by atoms with Crippen molar-refractivity contribution in [3.05, 3.63) is 47.5 Å². The second kappa shape index (κ2) is 6.49. The highest BCUT2D eigenvalue weighted by Gasteiger charge is 2.21. The number of benzene rings is 2. The monoisotopic (exact) mass is 329 g/mol. The molecule has 2 aromatic carbocycles. The Bertz CT molecular complexity index is 802. The van der Waals surface area contributed by atoms with Gasteiger partial charge in [0.1, 0.15) is 19.0 Å². The highest BCUT2D eigenvalue weighted by molar-refractivity contribution is 6.09. The molecule has 2 aromatic rings. The third-order valence-corrected chi connectivity index (χ3v) is 3.51. The van der Waals surface area contributed by atoms with Crippen LogP contribution in [0.2, 0.25) is 0 Å². The third-order valence-electron chi connectivity index (χ3n) is 3.51. The van der Waals surface area contributed by atoms with Crippen molar-refractivity contribution in [2.75, 3.05) is 25.6 Å². The highest BCUT2D eigenvalue weighted by atomic mass is 16.6. The summed E-state index contributed by atoms with van der Waals surface area (Å²) >= 11 is 0. The molecule has 3 rings (SSSR count). The van der Waals surface area contributed by atoms with E-state index in [1.165, 1.54) is 19.2 Å². The summed E-state index contributed by atoms with van der Waals surface area (Å²) in [6.07, 6.45) is 0. The number of carbonyl (C=O) groups is 2. The van der Waals surface area contributed by atoms with Crippen LogP contribution in [0, 0.1) is 0 Å². The molecule has 7 heteroatoms. The Hall–Kier alpha value is -3.22. The van der Waals surface area contributed by atoms with E-state index >= 15 is 0 Å². The number of methoxy groups -OCH3 is 1. The predicted octanol–water partition coefficient (Wildman–Crippen LogP) is 2.42. The van der Waals surface area contributed by atoms with Crippen LogP contribution in [0.4, 0.5) is 5.69 Å². The molecule has 124 valence electrons. The van der Waals surface area contributed by atoms with Gasteiger partial charge in [0.05, 0.1) is 23.9 Å². The van der Waals surface area contributed by atoms with E-state index in [0.717, 1.165) is 0 Å². The number of carboxylic acids is 1. The number of hydrogen-bond acceptors (Lipinski definition) is 5. The van der Waals surface area contributed by atoms with E-state index in [0.29, 0.717) is 36.0 Å². The molecule has 0 aliphatic carbocycles. The minimum absolute atomic E-state index is 0.0810. The van der Waals surface area contributed by atoms with Crippen LogP contribution in [0.1, 0.15) is 20.7 Å². The molecule has 0 spiro atoms. The van der Waals surface area contributed by atoms with Gasteiger partial charge >= 0.3 is 5.97 Å². The molecule has 0 atom stereocenters. The Balaban J connectivity index is 1.96. The summed E-state index contributed by atoms with van der Waals surface area (Å²) in [5.74, 6) is -0.533. The highest BCUT2D eigenvalue weighted by Crippen LogP contribution is 2.36. The lowest BCUT2D eigenvalue weighted by atomic mass is 10.1. The summed E-state index contributed by atoms with van der Waals surface area (Å²) < 4.78 is 16.0. The van der Waals surface area contributed by atoms with Crippen LogP contribution in [-0.4, -0.2) is 37.3 Å². The van der Waals surface area contributed by atoms with Crippen molar-refractivity contribution in [2.24, 2.45) is 0 Å². The van der Waals surface area contributed by atoms with Crippen LogP contribution >= 0.6 is 0 Å². The van der Waals surface area contributed by atoms with Crippen molar-refractivity contribution in [2.45, 2.75) is 0 Å². The van der Waals surface area contributed by atoms with Gasteiger partial charge in [-0.2, -0.15) is 0 Å². The van der Waals surface area contributed by atoms with Crippen LogP contribution in [0.5, 0.6) is 17.2 Å². The first-order valence-electron chi connectivity index (χ1n) is 7.21. The lowest BCUT2D eigenvalue weighted by Crippen LogP contribution is -2.19. The summed E-state index contributed by atoms with van der Waals surface area (Å²) in [7, 11) is 1.46. The number of nitrogens with one attached hydrogen (secondary N) is 1. The molecule has 0 aromatic heterocycles. The molecule has 7 nitrogen and oxygen atoms in total. The smallest absolute Gasteiger partial charge is 0.337 e. The van der Waals surface area contributed by atoms with Gasteiger partial charge in [0.25, 0.3) is 5.91 Å². The molecule has 0 saturated carbocycles. The number of rotatable bonds is 4. The van der Waals surface area contributed by atoms with E-state index in [9.17, 15) is 14.7 Å². The van der Waals surface area contributed by atoms with Crippen LogP contribution in [-0.2, 0) is 0 Å². The second-order valence-corrected chi connectivity index (χ2v) is 5.00. The Morgan fingerprint density at radius 1 is 1.08 bits per heavy atom. The van der Waals surface area contributed by atoms with E-state index in [1.54, 1.807) is 24.3 Å². The summed E-state index contributed by atoms with van der Waals surface area (Å²) in [6, 6.07) is 9.46. The van der Waals surface area contributed by atoms with Crippen LogP contribution in [0.3, 0.4) is 0 Å². The number of carboxylic acid groups (broad SMARTS) is 1. The maximum absolute atomic E-state index is 12.5. The van der Waals surface area contributed by atoms with Crippen molar-refractivity contribution in [3.8, 4) is 17.2 Å². The Morgan fingerprint density at radius 3 is 2.42 bits per heavy atom. The fraction of sp³-hybridized carbons (Fsp3) is 0.176. The van der Waals surface area contributed by atoms with Crippen LogP contribution < -0.4 is 19.5 Å². The Kier molecular flexibility index (Phi) is 4.24. The van der Waals surface area contributed by atoms with Gasteiger partial charge in [-0.1, -0.05) is 12.1 Å². The predicted molar refractivity (Wildman–Crippen MR) is 85.3 cm³/mol. The lowest BCUT2D eigenvalue weighted by Gasteiger charge is -2.20. The number of aromatic carboxylic acids is 1. The van der Waals surface area contributed by atoms with Gasteiger partial charge in [-0.3, -0.25) is 4.79 Å². The van der Waals surface area contributed by atoms with Crippen molar-refractivity contribution < 1.29 is 28.9 Å². The number of carbonyl (C=O) groups excluding carboxylic acids is 1. The average Bonchev–Trinajstić information content (AvgIpc) is 2.60. The molecule has 1 aliphatic rings. The minimum Gasteiger partial charge on any atom is -0.496 e. The van der Waals surface area contributed by atoms with E-state index in [1.807, 2.05) is 0 Å².